The molecule has 26 heavy (non-hydrogen) atoms. The Morgan fingerprint density at radius 2 is 1.88 bits per heavy atom. The molecule has 4 rings (SSSR count). The van der Waals surface area contributed by atoms with Gasteiger partial charge in [0.05, 0.1) is 6.21 Å². The van der Waals surface area contributed by atoms with E-state index in [0.29, 0.717) is 11.5 Å². The number of carbonyl (C=O) groups excluding carboxylic acids is 1. The maximum atomic E-state index is 12.0. The molecule has 0 atom stereocenters. The van der Waals surface area contributed by atoms with Crippen molar-refractivity contribution in [2.24, 2.45) is 5.16 Å². The van der Waals surface area contributed by atoms with Crippen molar-refractivity contribution < 1.29 is 19.1 Å². The highest BCUT2D eigenvalue weighted by Crippen LogP contribution is 2.31. The molecule has 1 aliphatic rings. The zero-order valence-corrected chi connectivity index (χ0v) is 13.8. The van der Waals surface area contributed by atoms with E-state index in [1.807, 2.05) is 48.5 Å². The van der Waals surface area contributed by atoms with Crippen molar-refractivity contribution in [1.82, 2.24) is 0 Å². The predicted molar refractivity (Wildman–Crippen MR) is 98.7 cm³/mol. The molecule has 0 spiro atoms. The van der Waals surface area contributed by atoms with Crippen LogP contribution in [0.1, 0.15) is 5.56 Å². The van der Waals surface area contributed by atoms with Crippen LogP contribution in [0.15, 0.2) is 65.8 Å². The number of anilines is 1. The molecule has 6 nitrogen and oxygen atoms in total. The fourth-order valence-electron chi connectivity index (χ4n) is 2.65. The molecule has 130 valence electrons. The number of carbonyl (C=O) groups is 1. The van der Waals surface area contributed by atoms with E-state index >= 15 is 0 Å². The molecule has 6 heteroatoms. The first kappa shape index (κ1) is 16.0. The second kappa shape index (κ2) is 7.14. The van der Waals surface area contributed by atoms with Gasteiger partial charge in [-0.2, -0.15) is 0 Å². The largest absolute Gasteiger partial charge is 0.454 e. The first-order valence-electron chi connectivity index (χ1n) is 8.11. The number of benzene rings is 3. The maximum Gasteiger partial charge on any atom is 0.265 e. The van der Waals surface area contributed by atoms with E-state index in [1.54, 1.807) is 12.1 Å². The van der Waals surface area contributed by atoms with Gasteiger partial charge in [-0.3, -0.25) is 4.79 Å². The summed E-state index contributed by atoms with van der Waals surface area (Å²) in [5.74, 6) is 1.10. The van der Waals surface area contributed by atoms with Crippen molar-refractivity contribution in [3.63, 3.8) is 0 Å². The van der Waals surface area contributed by atoms with E-state index in [-0.39, 0.29) is 19.3 Å². The van der Waals surface area contributed by atoms with E-state index < -0.39 is 0 Å². The van der Waals surface area contributed by atoms with Crippen molar-refractivity contribution >= 4 is 28.6 Å². The van der Waals surface area contributed by atoms with E-state index in [9.17, 15) is 4.79 Å². The minimum Gasteiger partial charge on any atom is -0.454 e. The molecule has 1 N–H and O–H groups in total. The summed E-state index contributed by atoms with van der Waals surface area (Å²) in [7, 11) is 0. The number of nitrogens with one attached hydrogen (secondary N) is 1. The molecule has 1 amide bonds. The lowest BCUT2D eigenvalue weighted by atomic mass is 10.1. The number of ether oxygens (including phenoxy) is 2. The molecule has 1 aliphatic heterocycles. The van der Waals surface area contributed by atoms with Gasteiger partial charge in [0.1, 0.15) is 0 Å². The summed E-state index contributed by atoms with van der Waals surface area (Å²) in [5, 5.41) is 8.79. The molecule has 3 aromatic rings. The number of oxime groups is 1. The number of amides is 1. The average molecular weight is 348 g/mol. The molecule has 0 saturated carbocycles. The van der Waals surface area contributed by atoms with Crippen molar-refractivity contribution in [2.45, 2.75) is 0 Å². The van der Waals surface area contributed by atoms with Gasteiger partial charge in [-0.15, -0.1) is 0 Å². The lowest BCUT2D eigenvalue weighted by molar-refractivity contribution is -0.120. The fraction of sp³-hybridized carbons (Fsp3) is 0.100. The van der Waals surface area contributed by atoms with Crippen LogP contribution < -0.4 is 14.8 Å². The molecule has 1 heterocycles. The zero-order chi connectivity index (χ0) is 17.8. The van der Waals surface area contributed by atoms with Gasteiger partial charge in [0, 0.05) is 11.3 Å². The van der Waals surface area contributed by atoms with Gasteiger partial charge in [-0.25, -0.2) is 0 Å². The molecule has 0 aromatic heterocycles. The molecule has 3 aromatic carbocycles. The summed E-state index contributed by atoms with van der Waals surface area (Å²) >= 11 is 0. The number of fused-ring (bicyclic) bond motifs is 2. The predicted octanol–water partition coefficient (Wildman–Crippen LogP) is 3.56. The summed E-state index contributed by atoms with van der Waals surface area (Å²) in [5.41, 5.74) is 1.52. The van der Waals surface area contributed by atoms with Gasteiger partial charge >= 0.3 is 0 Å². The Morgan fingerprint density at radius 1 is 1.04 bits per heavy atom. The van der Waals surface area contributed by atoms with Crippen LogP contribution in [-0.2, 0) is 9.63 Å². The van der Waals surface area contributed by atoms with E-state index in [2.05, 4.69) is 10.5 Å². The van der Waals surface area contributed by atoms with Crippen molar-refractivity contribution in [3.05, 3.63) is 66.2 Å². The highest BCUT2D eigenvalue weighted by atomic mass is 16.7. The fourth-order valence-corrected chi connectivity index (χ4v) is 2.65. The minimum atomic E-state index is -0.275. The summed E-state index contributed by atoms with van der Waals surface area (Å²) in [6, 6.07) is 19.1. The summed E-state index contributed by atoms with van der Waals surface area (Å²) < 4.78 is 10.5. The SMILES string of the molecule is O=C(CO/N=C/c1ccc2c(c1)OCO2)Nc1ccc2ccccc2c1. The first-order chi connectivity index (χ1) is 12.8. The third kappa shape index (κ3) is 3.59. The van der Waals surface area contributed by atoms with Crippen LogP contribution in [0.4, 0.5) is 5.69 Å². The van der Waals surface area contributed by atoms with E-state index in [0.717, 1.165) is 22.0 Å². The van der Waals surface area contributed by atoms with Gasteiger partial charge < -0.3 is 19.6 Å². The quantitative estimate of drug-likeness (QED) is 0.565. The summed E-state index contributed by atoms with van der Waals surface area (Å²) in [6.45, 7) is 0.0508. The van der Waals surface area contributed by atoms with Crippen molar-refractivity contribution in [3.8, 4) is 11.5 Å². The molecular weight excluding hydrogens is 332 g/mol. The molecule has 0 unspecified atom stereocenters. The van der Waals surface area contributed by atoms with Crippen LogP contribution in [0.25, 0.3) is 10.8 Å². The van der Waals surface area contributed by atoms with Crippen LogP contribution >= 0.6 is 0 Å². The van der Waals surface area contributed by atoms with Gasteiger partial charge in [0.25, 0.3) is 5.91 Å². The van der Waals surface area contributed by atoms with E-state index in [4.69, 9.17) is 14.3 Å². The number of hydrogen-bond donors (Lipinski definition) is 1. The van der Waals surface area contributed by atoms with Gasteiger partial charge in [-0.05, 0) is 41.1 Å². The monoisotopic (exact) mass is 348 g/mol. The smallest absolute Gasteiger partial charge is 0.265 e. The Hall–Kier alpha value is -3.54. The van der Waals surface area contributed by atoms with Crippen LogP contribution in [0.2, 0.25) is 0 Å². The third-order valence-electron chi connectivity index (χ3n) is 3.90. The van der Waals surface area contributed by atoms with Crippen molar-refractivity contribution in [2.75, 3.05) is 18.7 Å². The van der Waals surface area contributed by atoms with Crippen molar-refractivity contribution in [1.29, 1.82) is 0 Å². The molecule has 0 saturated heterocycles. The van der Waals surface area contributed by atoms with Gasteiger partial charge in [-0.1, -0.05) is 35.5 Å². The Morgan fingerprint density at radius 3 is 2.81 bits per heavy atom. The second-order valence-electron chi connectivity index (χ2n) is 5.73. The van der Waals surface area contributed by atoms with E-state index in [1.165, 1.54) is 6.21 Å². The van der Waals surface area contributed by atoms with Crippen LogP contribution in [0, 0.1) is 0 Å². The Labute approximate surface area is 150 Å². The molecule has 0 radical (unpaired) electrons. The van der Waals surface area contributed by atoms with Gasteiger partial charge in [0.15, 0.2) is 18.1 Å². The van der Waals surface area contributed by atoms with Crippen LogP contribution in [0.3, 0.4) is 0 Å². The molecule has 0 aliphatic carbocycles. The number of hydrogen-bond acceptors (Lipinski definition) is 5. The second-order valence-corrected chi connectivity index (χ2v) is 5.73. The zero-order valence-electron chi connectivity index (χ0n) is 13.8. The number of rotatable bonds is 5. The normalized spacial score (nSPS) is 12.5. The average Bonchev–Trinajstić information content (AvgIpc) is 3.13. The molecule has 0 bridgehead atoms. The van der Waals surface area contributed by atoms with Crippen LogP contribution in [0.5, 0.6) is 11.5 Å². The maximum absolute atomic E-state index is 12.0. The lowest BCUT2D eigenvalue weighted by Gasteiger charge is -2.06. The highest BCUT2D eigenvalue weighted by Gasteiger charge is 2.12. The summed E-state index contributed by atoms with van der Waals surface area (Å²) in [6.07, 6.45) is 1.52. The number of nitrogens with zero attached hydrogens (tertiary/aromatic N) is 1. The van der Waals surface area contributed by atoms with Crippen LogP contribution in [-0.4, -0.2) is 25.5 Å². The standard InChI is InChI=1S/C20H16N2O4/c23-20(22-17-7-6-15-3-1-2-4-16(15)10-17)12-26-21-11-14-5-8-18-19(9-14)25-13-24-18/h1-11H,12-13H2,(H,22,23)/b21-11+. The topological polar surface area (TPSA) is 69.2 Å². The minimum absolute atomic E-state index is 0.173. The molecule has 0 fully saturated rings. The lowest BCUT2D eigenvalue weighted by Crippen LogP contribution is -2.16. The first-order valence-corrected chi connectivity index (χ1v) is 8.11. The third-order valence-corrected chi connectivity index (χ3v) is 3.90. The summed E-state index contributed by atoms with van der Waals surface area (Å²) in [4.78, 5) is 17.0. The Kier molecular flexibility index (Phi) is 4.38. The van der Waals surface area contributed by atoms with Gasteiger partial charge in [0.2, 0.25) is 6.79 Å². The Bertz CT molecular complexity index is 984. The Balaban J connectivity index is 1.30. The molecular formula is C20H16N2O4. The highest BCUT2D eigenvalue weighted by molar-refractivity contribution is 5.95.